The number of carbonyl (C=O) groups is 2. The highest BCUT2D eigenvalue weighted by Gasteiger charge is 2.31. The fourth-order valence-corrected chi connectivity index (χ4v) is 4.68. The van der Waals surface area contributed by atoms with Crippen molar-refractivity contribution < 1.29 is 19.1 Å². The highest BCUT2D eigenvalue weighted by molar-refractivity contribution is 9.10. The third kappa shape index (κ3) is 5.50. The van der Waals surface area contributed by atoms with E-state index >= 15 is 0 Å². The maximum Gasteiger partial charge on any atom is 0.407 e. The van der Waals surface area contributed by atoms with E-state index in [0.717, 1.165) is 32.3 Å². The Kier molecular flexibility index (Phi) is 7.08. The number of hydrogen-bond acceptors (Lipinski definition) is 4. The summed E-state index contributed by atoms with van der Waals surface area (Å²) in [6.45, 7) is 5.57. The summed E-state index contributed by atoms with van der Waals surface area (Å²) in [6, 6.07) is 23.0. The molecule has 0 bridgehead atoms. The summed E-state index contributed by atoms with van der Waals surface area (Å²) in [5, 5.41) is 2.73. The molecule has 3 aromatic carbocycles. The van der Waals surface area contributed by atoms with Crippen LogP contribution >= 0.6 is 15.9 Å². The van der Waals surface area contributed by atoms with Gasteiger partial charge in [0.25, 0.3) is 0 Å². The van der Waals surface area contributed by atoms with Crippen LogP contribution in [0.3, 0.4) is 0 Å². The van der Waals surface area contributed by atoms with E-state index in [1.54, 1.807) is 20.8 Å². The van der Waals surface area contributed by atoms with Crippen LogP contribution in [-0.2, 0) is 20.7 Å². The Morgan fingerprint density at radius 1 is 0.912 bits per heavy atom. The van der Waals surface area contributed by atoms with Gasteiger partial charge in [-0.3, -0.25) is 0 Å². The van der Waals surface area contributed by atoms with Crippen molar-refractivity contribution in [3.63, 3.8) is 0 Å². The van der Waals surface area contributed by atoms with Gasteiger partial charge in [-0.25, -0.2) is 9.59 Å². The Balaban J connectivity index is 1.48. The lowest BCUT2D eigenvalue weighted by Gasteiger charge is -2.25. The molecule has 4 rings (SSSR count). The molecule has 1 amide bonds. The van der Waals surface area contributed by atoms with Crippen LogP contribution in [0.2, 0.25) is 0 Å². The number of fused-ring (bicyclic) bond motifs is 3. The first kappa shape index (κ1) is 24.0. The molecule has 3 aromatic rings. The standard InChI is InChI=1S/C28H28BrNO4/c1-28(2,3)34-26(31)25(16-18-10-4-9-15-24(18)29)30-27(32)33-17-23-21-13-7-5-11-19(21)20-12-6-8-14-22(20)23/h4-15,23,25H,16-17H2,1-3H3,(H,30,32)/t25-/m0/s1. The lowest BCUT2D eigenvalue weighted by molar-refractivity contribution is -0.157. The number of halogens is 1. The highest BCUT2D eigenvalue weighted by Crippen LogP contribution is 2.44. The zero-order valence-corrected chi connectivity index (χ0v) is 21.1. The Bertz CT molecular complexity index is 1160. The van der Waals surface area contributed by atoms with Gasteiger partial charge < -0.3 is 14.8 Å². The second kappa shape index (κ2) is 10.0. The lowest BCUT2D eigenvalue weighted by atomic mass is 9.98. The number of alkyl carbamates (subject to hydrolysis) is 1. The summed E-state index contributed by atoms with van der Waals surface area (Å²) in [4.78, 5) is 25.7. The van der Waals surface area contributed by atoms with Gasteiger partial charge >= 0.3 is 12.1 Å². The molecule has 0 aromatic heterocycles. The van der Waals surface area contributed by atoms with Gasteiger partial charge in [0.15, 0.2) is 0 Å². The van der Waals surface area contributed by atoms with E-state index in [9.17, 15) is 9.59 Å². The van der Waals surface area contributed by atoms with Gasteiger partial charge in [0.05, 0.1) is 0 Å². The second-order valence-corrected chi connectivity index (χ2v) is 10.2. The van der Waals surface area contributed by atoms with Crippen LogP contribution in [0.15, 0.2) is 77.3 Å². The van der Waals surface area contributed by atoms with E-state index in [-0.39, 0.29) is 18.9 Å². The maximum atomic E-state index is 12.9. The van der Waals surface area contributed by atoms with E-state index in [2.05, 4.69) is 45.5 Å². The number of nitrogens with one attached hydrogen (secondary N) is 1. The van der Waals surface area contributed by atoms with Gasteiger partial charge in [0.1, 0.15) is 18.2 Å². The van der Waals surface area contributed by atoms with Crippen molar-refractivity contribution in [1.29, 1.82) is 0 Å². The Morgan fingerprint density at radius 2 is 1.47 bits per heavy atom. The van der Waals surface area contributed by atoms with Gasteiger partial charge in [-0.05, 0) is 54.7 Å². The number of esters is 1. The van der Waals surface area contributed by atoms with Crippen LogP contribution in [-0.4, -0.2) is 30.3 Å². The average Bonchev–Trinajstić information content (AvgIpc) is 3.11. The van der Waals surface area contributed by atoms with Crippen LogP contribution < -0.4 is 5.32 Å². The van der Waals surface area contributed by atoms with Crippen LogP contribution in [0.25, 0.3) is 11.1 Å². The van der Waals surface area contributed by atoms with E-state index < -0.39 is 23.7 Å². The molecule has 0 spiro atoms. The molecule has 0 aliphatic heterocycles. The molecule has 0 unspecified atom stereocenters. The topological polar surface area (TPSA) is 64.6 Å². The third-order valence-electron chi connectivity index (χ3n) is 5.71. The largest absolute Gasteiger partial charge is 0.458 e. The number of amides is 1. The van der Waals surface area contributed by atoms with Crippen LogP contribution in [0.4, 0.5) is 4.79 Å². The maximum absolute atomic E-state index is 12.9. The number of carbonyl (C=O) groups excluding carboxylic acids is 2. The van der Waals surface area contributed by atoms with Crippen molar-refractivity contribution in [1.82, 2.24) is 5.32 Å². The van der Waals surface area contributed by atoms with Crippen molar-refractivity contribution in [2.45, 2.75) is 44.8 Å². The average molecular weight is 522 g/mol. The summed E-state index contributed by atoms with van der Waals surface area (Å²) in [7, 11) is 0. The molecule has 1 aliphatic carbocycles. The number of rotatable bonds is 6. The van der Waals surface area contributed by atoms with Gasteiger partial charge in [-0.1, -0.05) is 82.7 Å². The predicted octanol–water partition coefficient (Wildman–Crippen LogP) is 6.24. The predicted molar refractivity (Wildman–Crippen MR) is 136 cm³/mol. The third-order valence-corrected chi connectivity index (χ3v) is 6.48. The summed E-state index contributed by atoms with van der Waals surface area (Å²) < 4.78 is 12.1. The zero-order valence-electron chi connectivity index (χ0n) is 19.5. The molecule has 1 atom stereocenters. The smallest absolute Gasteiger partial charge is 0.407 e. The first-order chi connectivity index (χ1) is 16.2. The summed E-state index contributed by atoms with van der Waals surface area (Å²) in [5.74, 6) is -0.557. The van der Waals surface area contributed by atoms with Gasteiger partial charge in [0, 0.05) is 16.8 Å². The molecule has 0 radical (unpaired) electrons. The van der Waals surface area contributed by atoms with Crippen LogP contribution in [0.1, 0.15) is 43.4 Å². The molecule has 176 valence electrons. The van der Waals surface area contributed by atoms with Crippen LogP contribution in [0.5, 0.6) is 0 Å². The van der Waals surface area contributed by atoms with Gasteiger partial charge in [-0.15, -0.1) is 0 Å². The Labute approximate surface area is 208 Å². The minimum absolute atomic E-state index is 0.0543. The van der Waals surface area contributed by atoms with Gasteiger partial charge in [-0.2, -0.15) is 0 Å². The van der Waals surface area contributed by atoms with Crippen molar-refractivity contribution >= 4 is 28.0 Å². The first-order valence-electron chi connectivity index (χ1n) is 11.3. The molecule has 0 saturated carbocycles. The van der Waals surface area contributed by atoms with Crippen LogP contribution in [0, 0.1) is 0 Å². The SMILES string of the molecule is CC(C)(C)OC(=O)[C@H](Cc1ccccc1Br)NC(=O)OCC1c2ccccc2-c2ccccc21. The monoisotopic (exact) mass is 521 g/mol. The lowest BCUT2D eigenvalue weighted by Crippen LogP contribution is -2.46. The molecule has 0 fully saturated rings. The fourth-order valence-electron chi connectivity index (χ4n) is 4.23. The zero-order chi connectivity index (χ0) is 24.3. The molecule has 1 N–H and O–H groups in total. The summed E-state index contributed by atoms with van der Waals surface area (Å²) in [5.41, 5.74) is 4.80. The molecule has 6 heteroatoms. The molecule has 34 heavy (non-hydrogen) atoms. The number of benzene rings is 3. The van der Waals surface area contributed by atoms with E-state index in [4.69, 9.17) is 9.47 Å². The van der Waals surface area contributed by atoms with Crippen molar-refractivity contribution in [3.05, 3.63) is 94.0 Å². The minimum Gasteiger partial charge on any atom is -0.458 e. The van der Waals surface area contributed by atoms with E-state index in [1.165, 1.54) is 0 Å². The molecule has 0 heterocycles. The van der Waals surface area contributed by atoms with Crippen molar-refractivity contribution in [3.8, 4) is 11.1 Å². The fraction of sp³-hybridized carbons (Fsp3) is 0.286. The summed E-state index contributed by atoms with van der Waals surface area (Å²) >= 11 is 3.51. The molecular formula is C28H28BrNO4. The second-order valence-electron chi connectivity index (χ2n) is 9.35. The Hall–Kier alpha value is -3.12. The van der Waals surface area contributed by atoms with E-state index in [1.807, 2.05) is 48.5 Å². The Morgan fingerprint density at radius 3 is 2.06 bits per heavy atom. The minimum atomic E-state index is -0.881. The highest BCUT2D eigenvalue weighted by atomic mass is 79.9. The summed E-state index contributed by atoms with van der Waals surface area (Å²) in [6.07, 6.45) is -0.370. The van der Waals surface area contributed by atoms with Gasteiger partial charge in [0.2, 0.25) is 0 Å². The molecular weight excluding hydrogens is 494 g/mol. The van der Waals surface area contributed by atoms with Crippen molar-refractivity contribution in [2.24, 2.45) is 0 Å². The molecule has 0 saturated heterocycles. The van der Waals surface area contributed by atoms with Crippen molar-refractivity contribution in [2.75, 3.05) is 6.61 Å². The molecule has 5 nitrogen and oxygen atoms in total. The number of hydrogen-bond donors (Lipinski definition) is 1. The van der Waals surface area contributed by atoms with E-state index in [0.29, 0.717) is 0 Å². The molecule has 1 aliphatic rings. The quantitative estimate of drug-likeness (QED) is 0.390. The normalized spacial score (nSPS) is 13.5. The number of ether oxygens (including phenoxy) is 2. The first-order valence-corrected chi connectivity index (χ1v) is 12.1.